The molecule has 21 heavy (non-hydrogen) atoms. The molecule has 0 aliphatic carbocycles. The second-order valence-corrected chi connectivity index (χ2v) is 6.81. The number of halogens is 1. The zero-order valence-corrected chi connectivity index (χ0v) is 14.0. The maximum absolute atomic E-state index is 12.2. The molecule has 0 spiro atoms. The fourth-order valence-electron chi connectivity index (χ4n) is 3.16. The Labute approximate surface area is 137 Å². The second kappa shape index (κ2) is 7.52. The first-order chi connectivity index (χ1) is 9.74. The van der Waals surface area contributed by atoms with Gasteiger partial charge in [0.15, 0.2) is 0 Å². The van der Waals surface area contributed by atoms with E-state index in [2.05, 4.69) is 36.5 Å². The molecule has 1 aromatic carbocycles. The van der Waals surface area contributed by atoms with Crippen molar-refractivity contribution >= 4 is 30.1 Å². The van der Waals surface area contributed by atoms with Crippen LogP contribution >= 0.6 is 24.2 Å². The minimum atomic E-state index is 0. The van der Waals surface area contributed by atoms with Gasteiger partial charge >= 0.3 is 0 Å². The summed E-state index contributed by atoms with van der Waals surface area (Å²) in [6.07, 6.45) is 1.23. The zero-order chi connectivity index (χ0) is 13.9. The zero-order valence-electron chi connectivity index (χ0n) is 12.4. The van der Waals surface area contributed by atoms with Crippen LogP contribution in [0.2, 0.25) is 0 Å². The third-order valence-electron chi connectivity index (χ3n) is 4.46. The Hall–Kier alpha value is -0.710. The van der Waals surface area contributed by atoms with Crippen LogP contribution in [0.15, 0.2) is 24.3 Å². The van der Waals surface area contributed by atoms with Gasteiger partial charge in [0.05, 0.1) is 5.75 Å². The third-order valence-corrected chi connectivity index (χ3v) is 5.43. The number of amides is 1. The third kappa shape index (κ3) is 3.93. The van der Waals surface area contributed by atoms with Gasteiger partial charge in [-0.2, -0.15) is 0 Å². The average molecular weight is 327 g/mol. The first-order valence-corrected chi connectivity index (χ1v) is 8.53. The van der Waals surface area contributed by atoms with Crippen LogP contribution in [0.1, 0.15) is 17.5 Å². The van der Waals surface area contributed by atoms with E-state index >= 15 is 0 Å². The van der Waals surface area contributed by atoms with Crippen LogP contribution in [0.3, 0.4) is 0 Å². The van der Waals surface area contributed by atoms with Gasteiger partial charge in [-0.1, -0.05) is 24.3 Å². The molecule has 1 aromatic rings. The molecule has 0 unspecified atom stereocenters. The number of nitrogens with one attached hydrogen (secondary N) is 1. The Morgan fingerprint density at radius 2 is 2.19 bits per heavy atom. The minimum absolute atomic E-state index is 0. The maximum atomic E-state index is 12.2. The Morgan fingerprint density at radius 1 is 1.38 bits per heavy atom. The molecule has 2 aliphatic rings. The Bertz CT molecular complexity index is 485. The second-order valence-electron chi connectivity index (χ2n) is 5.83. The van der Waals surface area contributed by atoms with E-state index in [1.807, 2.05) is 4.90 Å². The van der Waals surface area contributed by atoms with Crippen molar-refractivity contribution in [2.24, 2.45) is 5.92 Å². The number of carbonyl (C=O) groups is 1. The summed E-state index contributed by atoms with van der Waals surface area (Å²) in [5, 5.41) is 3.49. The minimum Gasteiger partial charge on any atom is -0.340 e. The number of likely N-dealkylation sites (tertiary alicyclic amines) is 1. The molecular weight excluding hydrogens is 304 g/mol. The fraction of sp³-hybridized carbons (Fsp3) is 0.562. The topological polar surface area (TPSA) is 32.3 Å². The molecule has 3 nitrogen and oxygen atoms in total. The Kier molecular flexibility index (Phi) is 5.97. The van der Waals surface area contributed by atoms with Gasteiger partial charge in [-0.15, -0.1) is 24.2 Å². The van der Waals surface area contributed by atoms with Crippen LogP contribution < -0.4 is 5.32 Å². The van der Waals surface area contributed by atoms with Gasteiger partial charge in [0.2, 0.25) is 5.91 Å². The molecule has 0 radical (unpaired) electrons. The lowest BCUT2D eigenvalue weighted by atomic mass is 10.1. The molecule has 2 aliphatic heterocycles. The summed E-state index contributed by atoms with van der Waals surface area (Å²) in [6.45, 7) is 5.13. The van der Waals surface area contributed by atoms with Gasteiger partial charge in [0.25, 0.3) is 0 Å². The highest BCUT2D eigenvalue weighted by Crippen LogP contribution is 2.25. The lowest BCUT2D eigenvalue weighted by Crippen LogP contribution is -2.34. The Morgan fingerprint density at radius 3 is 2.95 bits per heavy atom. The number of thioether (sulfide) groups is 1. The molecule has 116 valence electrons. The molecule has 2 fully saturated rings. The highest BCUT2D eigenvalue weighted by atomic mass is 35.5. The molecule has 2 atom stereocenters. The van der Waals surface area contributed by atoms with Crippen LogP contribution in [0.5, 0.6) is 0 Å². The molecule has 3 rings (SSSR count). The van der Waals surface area contributed by atoms with Crippen molar-refractivity contribution in [2.75, 3.05) is 25.4 Å². The first-order valence-electron chi connectivity index (χ1n) is 7.37. The van der Waals surface area contributed by atoms with E-state index < -0.39 is 0 Å². The smallest absolute Gasteiger partial charge is 0.232 e. The van der Waals surface area contributed by atoms with Gasteiger partial charge < -0.3 is 10.2 Å². The largest absolute Gasteiger partial charge is 0.340 e. The quantitative estimate of drug-likeness (QED) is 0.922. The highest BCUT2D eigenvalue weighted by molar-refractivity contribution is 7.99. The molecule has 1 amide bonds. The number of carbonyl (C=O) groups excluding carboxylic acids is 1. The molecule has 2 saturated heterocycles. The number of rotatable bonds is 4. The molecule has 0 bridgehead atoms. The van der Waals surface area contributed by atoms with E-state index in [-0.39, 0.29) is 12.4 Å². The van der Waals surface area contributed by atoms with E-state index in [4.69, 9.17) is 0 Å². The monoisotopic (exact) mass is 326 g/mol. The standard InChI is InChI=1S/C16H22N2OS.ClH/c1-12-4-2-3-5-14(12)10-20-11-16(19)18-8-13-6-7-17-15(13)9-18;/h2-5,13,15,17H,6-11H2,1H3;1H/t13-,15+;/m0./s1. The van der Waals surface area contributed by atoms with Crippen LogP contribution in [0.4, 0.5) is 0 Å². The maximum Gasteiger partial charge on any atom is 0.232 e. The predicted octanol–water partition coefficient (Wildman–Crippen LogP) is 2.47. The average Bonchev–Trinajstić information content (AvgIpc) is 3.01. The van der Waals surface area contributed by atoms with E-state index in [1.54, 1.807) is 11.8 Å². The van der Waals surface area contributed by atoms with Crippen molar-refractivity contribution in [1.29, 1.82) is 0 Å². The van der Waals surface area contributed by atoms with E-state index in [0.717, 1.165) is 25.4 Å². The van der Waals surface area contributed by atoms with Crippen LogP contribution in [0.25, 0.3) is 0 Å². The molecular formula is C16H23ClN2OS. The number of fused-ring (bicyclic) bond motifs is 1. The van der Waals surface area contributed by atoms with Crippen molar-refractivity contribution in [3.05, 3.63) is 35.4 Å². The van der Waals surface area contributed by atoms with Crippen LogP contribution in [-0.2, 0) is 10.5 Å². The molecule has 1 N–H and O–H groups in total. The van der Waals surface area contributed by atoms with Gasteiger partial charge in [0, 0.05) is 24.9 Å². The molecule has 2 heterocycles. The molecule has 0 aromatic heterocycles. The van der Waals surface area contributed by atoms with E-state index in [0.29, 0.717) is 23.6 Å². The number of hydrogen-bond acceptors (Lipinski definition) is 3. The SMILES string of the molecule is Cc1ccccc1CSCC(=O)N1C[C@@H]2CCN[C@@H]2C1.Cl. The summed E-state index contributed by atoms with van der Waals surface area (Å²) >= 11 is 1.73. The number of benzene rings is 1. The highest BCUT2D eigenvalue weighted by Gasteiger charge is 2.37. The van der Waals surface area contributed by atoms with Gasteiger partial charge in [-0.05, 0) is 36.9 Å². The first kappa shape index (κ1) is 16.7. The summed E-state index contributed by atoms with van der Waals surface area (Å²) in [4.78, 5) is 14.3. The van der Waals surface area contributed by atoms with Gasteiger partial charge in [-0.3, -0.25) is 4.79 Å². The van der Waals surface area contributed by atoms with Crippen molar-refractivity contribution in [3.63, 3.8) is 0 Å². The van der Waals surface area contributed by atoms with Crippen molar-refractivity contribution in [3.8, 4) is 0 Å². The summed E-state index contributed by atoms with van der Waals surface area (Å²) < 4.78 is 0. The lowest BCUT2D eigenvalue weighted by Gasteiger charge is -2.17. The molecule has 5 heteroatoms. The van der Waals surface area contributed by atoms with E-state index in [1.165, 1.54) is 17.5 Å². The predicted molar refractivity (Wildman–Crippen MR) is 91.1 cm³/mol. The number of hydrogen-bond donors (Lipinski definition) is 1. The lowest BCUT2D eigenvalue weighted by molar-refractivity contribution is -0.127. The van der Waals surface area contributed by atoms with Gasteiger partial charge in [-0.25, -0.2) is 0 Å². The normalized spacial score (nSPS) is 23.8. The van der Waals surface area contributed by atoms with Crippen LogP contribution in [-0.4, -0.2) is 42.2 Å². The Balaban J connectivity index is 0.00000161. The van der Waals surface area contributed by atoms with Crippen molar-refractivity contribution in [1.82, 2.24) is 10.2 Å². The van der Waals surface area contributed by atoms with Crippen LogP contribution in [0, 0.1) is 12.8 Å². The fourth-order valence-corrected chi connectivity index (χ4v) is 4.17. The summed E-state index contributed by atoms with van der Waals surface area (Å²) in [5.74, 6) is 2.53. The number of nitrogens with zero attached hydrogens (tertiary/aromatic N) is 1. The summed E-state index contributed by atoms with van der Waals surface area (Å²) in [5.41, 5.74) is 2.65. The van der Waals surface area contributed by atoms with Crippen molar-refractivity contribution in [2.45, 2.75) is 25.1 Å². The number of aryl methyl sites for hydroxylation is 1. The molecule has 0 saturated carbocycles. The summed E-state index contributed by atoms with van der Waals surface area (Å²) in [6, 6.07) is 8.96. The summed E-state index contributed by atoms with van der Waals surface area (Å²) in [7, 11) is 0. The van der Waals surface area contributed by atoms with E-state index in [9.17, 15) is 4.79 Å². The van der Waals surface area contributed by atoms with Crippen molar-refractivity contribution < 1.29 is 4.79 Å². The van der Waals surface area contributed by atoms with Gasteiger partial charge in [0.1, 0.15) is 0 Å².